The summed E-state index contributed by atoms with van der Waals surface area (Å²) in [5.74, 6) is 0. The first kappa shape index (κ1) is 43.1. The second kappa shape index (κ2) is 17.8. The van der Waals surface area contributed by atoms with Crippen molar-refractivity contribution in [1.29, 1.82) is 0 Å². The summed E-state index contributed by atoms with van der Waals surface area (Å²) in [6.45, 7) is 0. The molecular weight excluding hydrogens is 773 g/mol. The standard InChI is InChI=1S/C37H27N3O9S3.2Na/c41-50(42,43)32-23-21-29(22-24-32)38-28-15-9-25(10-16-28)37(26-11-17-30(18-12-26)39-33-5-1-3-7-35(33)51(44,45)46)27-13-19-31(20-14-27)40-34-6-2-4-8-36(34)52(47,48)49;;/h1-2,5-24,39-40H,(H,41,42,43)(H,44,45,46)(H,47,48,49);;/q-2;2*+1. The summed E-state index contributed by atoms with van der Waals surface area (Å²) in [7, 11) is -13.3. The largest absolute Gasteiger partial charge is 1.00 e. The molecule has 0 spiro atoms. The molecule has 0 atom stereocenters. The first-order valence-electron chi connectivity index (χ1n) is 15.1. The van der Waals surface area contributed by atoms with E-state index >= 15 is 0 Å². The first-order chi connectivity index (χ1) is 24.6. The molecule has 1 aliphatic rings. The minimum atomic E-state index is -4.50. The van der Waals surface area contributed by atoms with Gasteiger partial charge in [-0.15, -0.1) is 12.1 Å². The average molecular weight is 800 g/mol. The zero-order chi connectivity index (χ0) is 37.1. The molecule has 0 aliphatic heterocycles. The number of benzene rings is 5. The quantitative estimate of drug-likeness (QED) is 0.0774. The molecule has 0 aromatic heterocycles. The van der Waals surface area contributed by atoms with Crippen molar-refractivity contribution >= 4 is 70.1 Å². The predicted molar refractivity (Wildman–Crippen MR) is 197 cm³/mol. The Morgan fingerprint density at radius 1 is 0.537 bits per heavy atom. The number of allylic oxidation sites excluding steroid dienone is 5. The summed E-state index contributed by atoms with van der Waals surface area (Å²) in [5, 5.41) is 6.03. The SMILES string of the molecule is O=S(=O)(O)c1ccc(N=C2C=CC(=C(c3ccc(Nc4cc[c-]cc4S(=O)(=O)O)cc3)c3ccc(Nc4cc[c-]cc4S(=O)(=O)O)cc3)C=C2)cc1.[Na+].[Na+]. The van der Waals surface area contributed by atoms with Crippen LogP contribution in [-0.4, -0.2) is 44.6 Å². The van der Waals surface area contributed by atoms with Crippen LogP contribution in [0.4, 0.5) is 28.4 Å². The average Bonchev–Trinajstić information content (AvgIpc) is 3.10. The van der Waals surface area contributed by atoms with E-state index in [4.69, 9.17) is 0 Å². The van der Waals surface area contributed by atoms with Crippen molar-refractivity contribution in [3.63, 3.8) is 0 Å². The van der Waals surface area contributed by atoms with Crippen molar-refractivity contribution in [2.45, 2.75) is 14.7 Å². The van der Waals surface area contributed by atoms with Crippen LogP contribution in [0.25, 0.3) is 5.57 Å². The molecule has 5 aromatic rings. The van der Waals surface area contributed by atoms with Gasteiger partial charge in [0.1, 0.15) is 0 Å². The zero-order valence-electron chi connectivity index (χ0n) is 28.7. The predicted octanol–water partition coefficient (Wildman–Crippen LogP) is 1.22. The fourth-order valence-electron chi connectivity index (χ4n) is 5.26. The van der Waals surface area contributed by atoms with Crippen LogP contribution in [0.3, 0.4) is 0 Å². The van der Waals surface area contributed by atoms with Gasteiger partial charge in [-0.05, 0) is 83.0 Å². The minimum Gasteiger partial charge on any atom is -0.377 e. The van der Waals surface area contributed by atoms with Gasteiger partial charge in [-0.3, -0.25) is 13.7 Å². The maximum Gasteiger partial charge on any atom is 1.00 e. The van der Waals surface area contributed by atoms with Crippen LogP contribution in [0.5, 0.6) is 0 Å². The Bertz CT molecular complexity index is 2490. The molecule has 0 saturated heterocycles. The molecule has 0 bridgehead atoms. The Morgan fingerprint density at radius 2 is 0.963 bits per heavy atom. The molecule has 12 nitrogen and oxygen atoms in total. The molecule has 0 radical (unpaired) electrons. The summed E-state index contributed by atoms with van der Waals surface area (Å²) in [4.78, 5) is 3.65. The number of anilines is 4. The van der Waals surface area contributed by atoms with E-state index in [2.05, 4.69) is 27.8 Å². The Kier molecular flexibility index (Phi) is 14.2. The second-order valence-electron chi connectivity index (χ2n) is 11.2. The Hall–Kier alpha value is -3.68. The zero-order valence-corrected chi connectivity index (χ0v) is 35.1. The van der Waals surface area contributed by atoms with Crippen LogP contribution in [-0.2, 0) is 30.4 Å². The third-order valence-electron chi connectivity index (χ3n) is 7.66. The monoisotopic (exact) mass is 799 g/mol. The van der Waals surface area contributed by atoms with E-state index < -0.39 is 30.4 Å². The summed E-state index contributed by atoms with van der Waals surface area (Å²) in [5.41, 5.74) is 5.61. The third kappa shape index (κ3) is 10.8. The molecule has 0 amide bonds. The van der Waals surface area contributed by atoms with Gasteiger partial charge < -0.3 is 10.6 Å². The molecule has 1 aliphatic carbocycles. The molecule has 54 heavy (non-hydrogen) atoms. The van der Waals surface area contributed by atoms with E-state index in [1.165, 1.54) is 60.7 Å². The Labute approximate surface area is 357 Å². The molecule has 5 N–H and O–H groups in total. The molecule has 0 unspecified atom stereocenters. The smallest absolute Gasteiger partial charge is 0.377 e. The van der Waals surface area contributed by atoms with E-state index in [9.17, 15) is 38.9 Å². The number of nitrogens with one attached hydrogen (secondary N) is 2. The molecule has 17 heteroatoms. The molecule has 0 heterocycles. The van der Waals surface area contributed by atoms with Crippen LogP contribution in [0, 0.1) is 12.1 Å². The van der Waals surface area contributed by atoms with Crippen molar-refractivity contribution in [2.75, 3.05) is 10.6 Å². The number of hydrogen-bond acceptors (Lipinski definition) is 9. The van der Waals surface area contributed by atoms with Gasteiger partial charge in [0.05, 0.1) is 16.3 Å². The molecule has 0 fully saturated rings. The van der Waals surface area contributed by atoms with E-state index in [-0.39, 0.29) is 85.2 Å². The van der Waals surface area contributed by atoms with Crippen molar-refractivity contribution in [2.24, 2.45) is 4.99 Å². The summed E-state index contributed by atoms with van der Waals surface area (Å²) in [6.07, 6.45) is 7.28. The fourth-order valence-corrected chi connectivity index (χ4v) is 6.97. The first-order valence-corrected chi connectivity index (χ1v) is 19.4. The number of nitrogens with zero attached hydrogens (tertiary/aromatic N) is 1. The molecule has 6 rings (SSSR count). The molecule has 264 valence electrons. The topological polar surface area (TPSA) is 200 Å². The number of rotatable bonds is 10. The van der Waals surface area contributed by atoms with Crippen molar-refractivity contribution < 1.29 is 98.0 Å². The minimum absolute atomic E-state index is 0. The fraction of sp³-hybridized carbons (Fsp3) is 0. The number of hydrogen-bond donors (Lipinski definition) is 5. The second-order valence-corrected chi connectivity index (χ2v) is 15.4. The normalized spacial score (nSPS) is 12.6. The van der Waals surface area contributed by atoms with Crippen molar-refractivity contribution in [1.82, 2.24) is 0 Å². The maximum atomic E-state index is 11.9. The van der Waals surface area contributed by atoms with Crippen LogP contribution in [0.2, 0.25) is 0 Å². The number of aliphatic imine (C=N–C) groups is 1. The van der Waals surface area contributed by atoms with Gasteiger partial charge in [0.15, 0.2) is 0 Å². The Morgan fingerprint density at radius 3 is 1.35 bits per heavy atom. The van der Waals surface area contributed by atoms with E-state index in [0.717, 1.165) is 22.3 Å². The maximum absolute atomic E-state index is 11.9. The molecule has 5 aromatic carbocycles. The van der Waals surface area contributed by atoms with E-state index in [1.54, 1.807) is 36.4 Å². The van der Waals surface area contributed by atoms with E-state index in [0.29, 0.717) is 22.8 Å². The van der Waals surface area contributed by atoms with Crippen LogP contribution < -0.4 is 69.7 Å². The van der Waals surface area contributed by atoms with Crippen LogP contribution >= 0.6 is 0 Å². The van der Waals surface area contributed by atoms with Crippen molar-refractivity contribution in [3.05, 3.63) is 162 Å². The van der Waals surface area contributed by atoms with Gasteiger partial charge in [-0.25, -0.2) is 21.8 Å². The van der Waals surface area contributed by atoms with Crippen LogP contribution in [0.15, 0.2) is 159 Å². The van der Waals surface area contributed by atoms with E-state index in [1.807, 2.05) is 36.4 Å². The van der Waals surface area contributed by atoms with Crippen LogP contribution in [0.1, 0.15) is 11.1 Å². The third-order valence-corrected chi connectivity index (χ3v) is 10.3. The van der Waals surface area contributed by atoms with Gasteiger partial charge in [-0.2, -0.15) is 44.8 Å². The summed E-state index contributed by atoms with van der Waals surface area (Å²) in [6, 6.07) is 33.4. The van der Waals surface area contributed by atoms with Gasteiger partial charge in [0.25, 0.3) is 10.1 Å². The summed E-state index contributed by atoms with van der Waals surface area (Å²) >= 11 is 0. The van der Waals surface area contributed by atoms with Gasteiger partial charge >= 0.3 is 59.1 Å². The van der Waals surface area contributed by atoms with Crippen molar-refractivity contribution in [3.8, 4) is 0 Å². The Balaban J connectivity index is 0.00000325. The van der Waals surface area contributed by atoms with Gasteiger partial charge in [-0.1, -0.05) is 47.8 Å². The van der Waals surface area contributed by atoms with Gasteiger partial charge in [0, 0.05) is 21.2 Å². The van der Waals surface area contributed by atoms with Gasteiger partial charge in [0.2, 0.25) is 20.2 Å². The molecular formula is C37H27N3Na2O9S3. The molecule has 0 saturated carbocycles. The summed E-state index contributed by atoms with van der Waals surface area (Å²) < 4.78 is 98.8.